The van der Waals surface area contributed by atoms with Gasteiger partial charge < -0.3 is 31.7 Å². The van der Waals surface area contributed by atoms with E-state index < -0.39 is 47.7 Å². The number of nitrogens with zero attached hydrogens (tertiary/aromatic N) is 3. The molecule has 1 saturated carbocycles. The molecule has 1 aromatic rings. The van der Waals surface area contributed by atoms with Gasteiger partial charge in [-0.2, -0.15) is 0 Å². The van der Waals surface area contributed by atoms with Crippen LogP contribution in [0.2, 0.25) is 0 Å². The Balaban J connectivity index is 0.00000192. The summed E-state index contributed by atoms with van der Waals surface area (Å²) < 4.78 is 0. The molecular weight excluding hydrogens is 578 g/mol. The SMILES string of the molecule is CC.CC(C)C.CCC.NC(=O)C(O)CNC(=O)C1CCCN1C(=O)CNC(=O)C(NC(=O)c1cnccn1)C1CCCCC1. The number of amides is 5. The van der Waals surface area contributed by atoms with E-state index in [0.29, 0.717) is 19.4 Å². The summed E-state index contributed by atoms with van der Waals surface area (Å²) in [6.45, 7) is 14.4. The largest absolute Gasteiger partial charge is 0.381 e. The van der Waals surface area contributed by atoms with Crippen LogP contribution in [0.3, 0.4) is 0 Å². The summed E-state index contributed by atoms with van der Waals surface area (Å²) in [7, 11) is 0. The molecule has 0 spiro atoms. The zero-order valence-corrected chi connectivity index (χ0v) is 28.3. The Morgan fingerprint density at radius 3 is 2.11 bits per heavy atom. The molecule has 1 saturated heterocycles. The predicted octanol–water partition coefficient (Wildman–Crippen LogP) is 2.33. The van der Waals surface area contributed by atoms with Gasteiger partial charge in [0, 0.05) is 18.9 Å². The van der Waals surface area contributed by atoms with Crippen molar-refractivity contribution in [3.8, 4) is 0 Å². The molecule has 256 valence electrons. The Hall–Kier alpha value is -3.61. The monoisotopic (exact) mass is 635 g/mol. The van der Waals surface area contributed by atoms with Crippen molar-refractivity contribution in [3.63, 3.8) is 0 Å². The van der Waals surface area contributed by atoms with Crippen molar-refractivity contribution >= 4 is 29.5 Å². The fraction of sp³-hybridized carbons (Fsp3) is 0.719. The molecule has 3 atom stereocenters. The highest BCUT2D eigenvalue weighted by Gasteiger charge is 2.36. The van der Waals surface area contributed by atoms with Crippen molar-refractivity contribution in [1.82, 2.24) is 30.8 Å². The zero-order valence-electron chi connectivity index (χ0n) is 28.3. The van der Waals surface area contributed by atoms with Crippen molar-refractivity contribution in [2.75, 3.05) is 19.6 Å². The number of aromatic nitrogens is 2. The van der Waals surface area contributed by atoms with E-state index >= 15 is 0 Å². The van der Waals surface area contributed by atoms with Crippen LogP contribution in [-0.2, 0) is 19.2 Å². The maximum atomic E-state index is 13.1. The van der Waals surface area contributed by atoms with Crippen molar-refractivity contribution in [1.29, 1.82) is 0 Å². The molecule has 0 radical (unpaired) electrons. The molecule has 3 rings (SSSR count). The molecule has 1 aromatic heterocycles. The maximum absolute atomic E-state index is 13.1. The first-order valence-corrected chi connectivity index (χ1v) is 16.3. The van der Waals surface area contributed by atoms with Crippen molar-refractivity contribution < 1.29 is 29.1 Å². The van der Waals surface area contributed by atoms with Crippen LogP contribution in [-0.4, -0.2) is 87.3 Å². The normalized spacial score (nSPS) is 17.1. The number of nitrogens with one attached hydrogen (secondary N) is 3. The molecule has 2 fully saturated rings. The first-order chi connectivity index (χ1) is 21.4. The number of aliphatic hydroxyl groups excluding tert-OH is 1. The van der Waals surface area contributed by atoms with E-state index in [4.69, 9.17) is 5.73 Å². The average Bonchev–Trinajstić information content (AvgIpc) is 3.53. The summed E-state index contributed by atoms with van der Waals surface area (Å²) >= 11 is 0. The Labute approximate surface area is 268 Å². The summed E-state index contributed by atoms with van der Waals surface area (Å²) in [6.07, 6.45) is 9.40. The third-order valence-corrected chi connectivity index (χ3v) is 6.57. The lowest BCUT2D eigenvalue weighted by molar-refractivity contribution is -0.139. The smallest absolute Gasteiger partial charge is 0.272 e. The van der Waals surface area contributed by atoms with E-state index in [1.807, 2.05) is 13.8 Å². The number of hydrogen-bond donors (Lipinski definition) is 5. The highest BCUT2D eigenvalue weighted by atomic mass is 16.3. The van der Waals surface area contributed by atoms with Crippen molar-refractivity contribution in [2.24, 2.45) is 17.6 Å². The number of aliphatic hydroxyl groups is 1. The molecule has 2 aliphatic rings. The minimum Gasteiger partial charge on any atom is -0.381 e. The van der Waals surface area contributed by atoms with E-state index in [-0.39, 0.29) is 24.7 Å². The number of rotatable bonds is 10. The zero-order chi connectivity index (χ0) is 34.4. The summed E-state index contributed by atoms with van der Waals surface area (Å²) in [5.74, 6) is -2.15. The molecule has 13 heteroatoms. The van der Waals surface area contributed by atoms with E-state index in [1.165, 1.54) is 29.9 Å². The number of nitrogens with two attached hydrogens (primary N) is 1. The standard InChI is InChI=1S/C23H33N7O6.C4H10.C3H8.C2H6/c24-20(33)17(31)12-27-22(35)16-7-4-10-30(16)18(32)13-28-23(36)19(14-5-2-1-3-6-14)29-21(34)15-11-25-8-9-26-15;1-4(2)3;1-3-2;1-2/h8-9,11,14,16-17,19,31H,1-7,10,12-13H2,(H2,24,33)(H,27,35)(H,28,36)(H,29,34);4H,1-3H3;3H2,1-2H3;1-2H3. The molecule has 6 N–H and O–H groups in total. The Kier molecular flexibility index (Phi) is 21.8. The number of carbonyl (C=O) groups excluding carboxylic acids is 5. The van der Waals surface area contributed by atoms with Crippen LogP contribution >= 0.6 is 0 Å². The second-order valence-electron chi connectivity index (χ2n) is 11.5. The van der Waals surface area contributed by atoms with Crippen LogP contribution in [0.25, 0.3) is 0 Å². The van der Waals surface area contributed by atoms with Gasteiger partial charge in [0.15, 0.2) is 0 Å². The number of primary amides is 1. The molecule has 0 bridgehead atoms. The van der Waals surface area contributed by atoms with Crippen LogP contribution in [0.4, 0.5) is 0 Å². The van der Waals surface area contributed by atoms with Gasteiger partial charge >= 0.3 is 0 Å². The highest BCUT2D eigenvalue weighted by Crippen LogP contribution is 2.27. The lowest BCUT2D eigenvalue weighted by atomic mass is 9.83. The summed E-state index contributed by atoms with van der Waals surface area (Å²) in [5.41, 5.74) is 5.07. The molecule has 2 heterocycles. The minimum absolute atomic E-state index is 0.0727. The molecule has 0 aromatic carbocycles. The number of likely N-dealkylation sites (tertiary alicyclic amines) is 1. The molecular formula is C32H57N7O6. The van der Waals surface area contributed by atoms with Gasteiger partial charge in [0.1, 0.15) is 23.9 Å². The van der Waals surface area contributed by atoms with Gasteiger partial charge in [0.25, 0.3) is 5.91 Å². The Bertz CT molecular complexity index is 1020. The number of hydrogen-bond acceptors (Lipinski definition) is 8. The number of carbonyl (C=O) groups is 5. The van der Waals surface area contributed by atoms with Gasteiger partial charge in [0.05, 0.1) is 19.3 Å². The van der Waals surface area contributed by atoms with Gasteiger partial charge in [-0.3, -0.25) is 29.0 Å². The molecule has 45 heavy (non-hydrogen) atoms. The van der Waals surface area contributed by atoms with Gasteiger partial charge in [-0.25, -0.2) is 4.98 Å². The first-order valence-electron chi connectivity index (χ1n) is 16.3. The second kappa shape index (κ2) is 23.7. The summed E-state index contributed by atoms with van der Waals surface area (Å²) in [5, 5.41) is 17.3. The van der Waals surface area contributed by atoms with Gasteiger partial charge in [0.2, 0.25) is 23.6 Å². The van der Waals surface area contributed by atoms with E-state index in [2.05, 4.69) is 60.5 Å². The Morgan fingerprint density at radius 2 is 1.58 bits per heavy atom. The fourth-order valence-electron chi connectivity index (χ4n) is 4.62. The highest BCUT2D eigenvalue weighted by molar-refractivity contribution is 5.97. The second-order valence-corrected chi connectivity index (χ2v) is 11.5. The van der Waals surface area contributed by atoms with Gasteiger partial charge in [-0.05, 0) is 37.5 Å². The molecule has 1 aliphatic carbocycles. The van der Waals surface area contributed by atoms with Crippen molar-refractivity contribution in [2.45, 2.75) is 118 Å². The molecule has 13 nitrogen and oxygen atoms in total. The fourth-order valence-corrected chi connectivity index (χ4v) is 4.62. The lowest BCUT2D eigenvalue weighted by Gasteiger charge is -2.30. The average molecular weight is 636 g/mol. The summed E-state index contributed by atoms with van der Waals surface area (Å²) in [4.78, 5) is 71.3. The predicted molar refractivity (Wildman–Crippen MR) is 174 cm³/mol. The Morgan fingerprint density at radius 1 is 0.978 bits per heavy atom. The van der Waals surface area contributed by atoms with E-state index in [9.17, 15) is 29.1 Å². The lowest BCUT2D eigenvalue weighted by Crippen LogP contribution is -2.54. The topological polar surface area (TPSA) is 197 Å². The van der Waals surface area contributed by atoms with Crippen LogP contribution in [0.15, 0.2) is 18.6 Å². The first kappa shape index (κ1) is 41.4. The quantitative estimate of drug-likeness (QED) is 0.258. The maximum Gasteiger partial charge on any atom is 0.272 e. The molecule has 1 aliphatic heterocycles. The van der Waals surface area contributed by atoms with Crippen LogP contribution in [0.5, 0.6) is 0 Å². The van der Waals surface area contributed by atoms with Crippen molar-refractivity contribution in [3.05, 3.63) is 24.3 Å². The van der Waals surface area contributed by atoms with Gasteiger partial charge in [-0.15, -0.1) is 0 Å². The van der Waals surface area contributed by atoms with Crippen LogP contribution in [0.1, 0.15) is 110 Å². The van der Waals surface area contributed by atoms with Crippen LogP contribution in [0, 0.1) is 11.8 Å². The third-order valence-electron chi connectivity index (χ3n) is 6.57. The van der Waals surface area contributed by atoms with Crippen LogP contribution < -0.4 is 21.7 Å². The van der Waals surface area contributed by atoms with E-state index in [0.717, 1.165) is 38.0 Å². The molecule has 5 amide bonds. The molecule has 3 unspecified atom stereocenters. The summed E-state index contributed by atoms with van der Waals surface area (Å²) in [6, 6.07) is -1.61. The third kappa shape index (κ3) is 16.3. The van der Waals surface area contributed by atoms with Gasteiger partial charge in [-0.1, -0.05) is 74.1 Å². The van der Waals surface area contributed by atoms with E-state index in [1.54, 1.807) is 0 Å². The minimum atomic E-state index is -1.52.